The van der Waals surface area contributed by atoms with E-state index in [1.807, 2.05) is 42.3 Å². The van der Waals surface area contributed by atoms with Crippen molar-refractivity contribution in [1.29, 1.82) is 0 Å². The summed E-state index contributed by atoms with van der Waals surface area (Å²) in [6.07, 6.45) is 1.88. The van der Waals surface area contributed by atoms with Crippen LogP contribution in [0.1, 0.15) is 12.8 Å². The molecule has 18 heavy (non-hydrogen) atoms. The first kappa shape index (κ1) is 12.9. The summed E-state index contributed by atoms with van der Waals surface area (Å²) in [4.78, 5) is 13.9. The molecule has 2 rings (SSSR count). The third kappa shape index (κ3) is 3.47. The molecule has 1 aliphatic rings. The van der Waals surface area contributed by atoms with Crippen LogP contribution in [0.2, 0.25) is 0 Å². The van der Waals surface area contributed by atoms with Crippen LogP contribution < -0.4 is 5.32 Å². The van der Waals surface area contributed by atoms with Crippen LogP contribution in [0.15, 0.2) is 30.3 Å². The first-order chi connectivity index (χ1) is 8.77. The molecular weight excluding hydrogens is 228 g/mol. The molecule has 0 spiro atoms. The van der Waals surface area contributed by atoms with Gasteiger partial charge in [-0.05, 0) is 25.0 Å². The molecule has 0 atom stereocenters. The molecular formula is C14H20N2O2. The molecule has 0 unspecified atom stereocenters. The lowest BCUT2D eigenvalue weighted by Crippen LogP contribution is -2.43. The van der Waals surface area contributed by atoms with E-state index in [0.29, 0.717) is 12.6 Å². The summed E-state index contributed by atoms with van der Waals surface area (Å²) in [5.74, 6) is 0.130. The maximum Gasteiger partial charge on any atom is 0.241 e. The van der Waals surface area contributed by atoms with E-state index in [2.05, 4.69) is 5.32 Å². The lowest BCUT2D eigenvalue weighted by atomic mass is 10.1. The number of benzene rings is 1. The Bertz CT molecular complexity index is 375. The van der Waals surface area contributed by atoms with Crippen molar-refractivity contribution in [2.24, 2.45) is 0 Å². The summed E-state index contributed by atoms with van der Waals surface area (Å²) in [5, 5.41) is 3.14. The van der Waals surface area contributed by atoms with Crippen LogP contribution in [0.3, 0.4) is 0 Å². The first-order valence-corrected chi connectivity index (χ1v) is 6.39. The van der Waals surface area contributed by atoms with E-state index in [9.17, 15) is 4.79 Å². The summed E-state index contributed by atoms with van der Waals surface area (Å²) in [6.45, 7) is 1.86. The van der Waals surface area contributed by atoms with Gasteiger partial charge in [0.25, 0.3) is 0 Å². The Morgan fingerprint density at radius 2 is 2.00 bits per heavy atom. The molecule has 1 N–H and O–H groups in total. The molecule has 1 heterocycles. The van der Waals surface area contributed by atoms with E-state index in [1.165, 1.54) is 0 Å². The predicted octanol–water partition coefficient (Wildman–Crippen LogP) is 1.74. The second-order valence-corrected chi connectivity index (χ2v) is 4.57. The standard InChI is InChI=1S/C14H20N2O2/c1-16(13-7-9-18-10-8-13)14(17)11-15-12-5-3-2-4-6-12/h2-6,13,15H,7-11H2,1H3. The molecule has 0 saturated carbocycles. The topological polar surface area (TPSA) is 41.6 Å². The number of carbonyl (C=O) groups is 1. The summed E-state index contributed by atoms with van der Waals surface area (Å²) in [6, 6.07) is 10.1. The van der Waals surface area contributed by atoms with Gasteiger partial charge in [0.05, 0.1) is 6.54 Å². The van der Waals surface area contributed by atoms with Gasteiger partial charge in [-0.1, -0.05) is 18.2 Å². The minimum atomic E-state index is 0.130. The molecule has 0 radical (unpaired) electrons. The van der Waals surface area contributed by atoms with Gasteiger partial charge in [-0.15, -0.1) is 0 Å². The Balaban J connectivity index is 1.80. The minimum absolute atomic E-state index is 0.130. The van der Waals surface area contributed by atoms with Crippen molar-refractivity contribution in [3.05, 3.63) is 30.3 Å². The molecule has 1 saturated heterocycles. The smallest absolute Gasteiger partial charge is 0.241 e. The first-order valence-electron chi connectivity index (χ1n) is 6.39. The Morgan fingerprint density at radius 3 is 2.67 bits per heavy atom. The van der Waals surface area contributed by atoms with Crippen LogP contribution in [0.25, 0.3) is 0 Å². The van der Waals surface area contributed by atoms with Crippen LogP contribution >= 0.6 is 0 Å². The van der Waals surface area contributed by atoms with Crippen LogP contribution in [0, 0.1) is 0 Å². The number of para-hydroxylation sites is 1. The maximum absolute atomic E-state index is 12.0. The number of amides is 1. The fraction of sp³-hybridized carbons (Fsp3) is 0.500. The molecule has 1 amide bonds. The van der Waals surface area contributed by atoms with Crippen LogP contribution in [0.4, 0.5) is 5.69 Å². The molecule has 0 aliphatic carbocycles. The molecule has 1 aromatic carbocycles. The fourth-order valence-corrected chi connectivity index (χ4v) is 2.13. The fourth-order valence-electron chi connectivity index (χ4n) is 2.13. The van der Waals surface area contributed by atoms with Gasteiger partial charge >= 0.3 is 0 Å². The van der Waals surface area contributed by atoms with E-state index in [1.54, 1.807) is 0 Å². The summed E-state index contributed by atoms with van der Waals surface area (Å²) in [7, 11) is 1.88. The van der Waals surface area contributed by atoms with Crippen molar-refractivity contribution < 1.29 is 9.53 Å². The highest BCUT2D eigenvalue weighted by molar-refractivity contribution is 5.80. The number of ether oxygens (including phenoxy) is 1. The van der Waals surface area contributed by atoms with E-state index >= 15 is 0 Å². The quantitative estimate of drug-likeness (QED) is 0.882. The van der Waals surface area contributed by atoms with E-state index in [4.69, 9.17) is 4.74 Å². The lowest BCUT2D eigenvalue weighted by Gasteiger charge is -2.31. The number of likely N-dealkylation sites (N-methyl/N-ethyl adjacent to an activating group) is 1. The van der Waals surface area contributed by atoms with Gasteiger partial charge in [0.2, 0.25) is 5.91 Å². The van der Waals surface area contributed by atoms with Crippen molar-refractivity contribution in [3.8, 4) is 0 Å². The van der Waals surface area contributed by atoms with Crippen molar-refractivity contribution in [3.63, 3.8) is 0 Å². The van der Waals surface area contributed by atoms with Gasteiger partial charge in [-0.25, -0.2) is 0 Å². The zero-order valence-corrected chi connectivity index (χ0v) is 10.8. The second kappa shape index (κ2) is 6.40. The molecule has 98 valence electrons. The number of hydrogen-bond acceptors (Lipinski definition) is 3. The van der Waals surface area contributed by atoms with Crippen LogP contribution in [-0.2, 0) is 9.53 Å². The normalized spacial score (nSPS) is 16.3. The molecule has 0 bridgehead atoms. The van der Waals surface area contributed by atoms with E-state index < -0.39 is 0 Å². The average Bonchev–Trinajstić information content (AvgIpc) is 2.46. The number of nitrogens with one attached hydrogen (secondary N) is 1. The van der Waals surface area contributed by atoms with Crippen molar-refractivity contribution >= 4 is 11.6 Å². The minimum Gasteiger partial charge on any atom is -0.381 e. The molecule has 1 aliphatic heterocycles. The van der Waals surface area contributed by atoms with Crippen LogP contribution in [0.5, 0.6) is 0 Å². The van der Waals surface area contributed by atoms with Crippen LogP contribution in [-0.4, -0.2) is 43.7 Å². The number of nitrogens with zero attached hydrogens (tertiary/aromatic N) is 1. The van der Waals surface area contributed by atoms with Gasteiger partial charge in [-0.3, -0.25) is 4.79 Å². The Hall–Kier alpha value is -1.55. The molecule has 0 aromatic heterocycles. The van der Waals surface area contributed by atoms with E-state index in [0.717, 1.165) is 31.7 Å². The third-order valence-electron chi connectivity index (χ3n) is 3.35. The molecule has 1 fully saturated rings. The van der Waals surface area contributed by atoms with Crippen molar-refractivity contribution in [2.75, 3.05) is 32.1 Å². The predicted molar refractivity (Wildman–Crippen MR) is 71.5 cm³/mol. The van der Waals surface area contributed by atoms with Gasteiger partial charge in [0, 0.05) is 32.0 Å². The average molecular weight is 248 g/mol. The number of rotatable bonds is 4. The summed E-state index contributed by atoms with van der Waals surface area (Å²) < 4.78 is 5.31. The van der Waals surface area contributed by atoms with Gasteiger partial charge < -0.3 is 15.0 Å². The summed E-state index contributed by atoms with van der Waals surface area (Å²) >= 11 is 0. The maximum atomic E-state index is 12.0. The molecule has 1 aromatic rings. The second-order valence-electron chi connectivity index (χ2n) is 4.57. The largest absolute Gasteiger partial charge is 0.381 e. The Morgan fingerprint density at radius 1 is 1.33 bits per heavy atom. The zero-order chi connectivity index (χ0) is 12.8. The number of hydrogen-bond donors (Lipinski definition) is 1. The molecule has 4 heteroatoms. The Labute approximate surface area is 108 Å². The highest BCUT2D eigenvalue weighted by Gasteiger charge is 2.21. The highest BCUT2D eigenvalue weighted by Crippen LogP contribution is 2.13. The number of anilines is 1. The lowest BCUT2D eigenvalue weighted by molar-refractivity contribution is -0.131. The van der Waals surface area contributed by atoms with Gasteiger partial charge in [0.15, 0.2) is 0 Å². The van der Waals surface area contributed by atoms with Gasteiger partial charge in [-0.2, -0.15) is 0 Å². The van der Waals surface area contributed by atoms with Gasteiger partial charge in [0.1, 0.15) is 0 Å². The highest BCUT2D eigenvalue weighted by atomic mass is 16.5. The SMILES string of the molecule is CN(C(=O)CNc1ccccc1)C1CCOCC1. The molecule has 4 nitrogen and oxygen atoms in total. The Kier molecular flexibility index (Phi) is 4.59. The summed E-state index contributed by atoms with van der Waals surface area (Å²) in [5.41, 5.74) is 0.978. The van der Waals surface area contributed by atoms with Crippen molar-refractivity contribution in [1.82, 2.24) is 4.90 Å². The third-order valence-corrected chi connectivity index (χ3v) is 3.35. The zero-order valence-electron chi connectivity index (χ0n) is 10.8. The van der Waals surface area contributed by atoms with E-state index in [-0.39, 0.29) is 5.91 Å². The monoisotopic (exact) mass is 248 g/mol. The van der Waals surface area contributed by atoms with Crippen molar-refractivity contribution in [2.45, 2.75) is 18.9 Å². The number of carbonyl (C=O) groups excluding carboxylic acids is 1.